The molecule has 0 aliphatic heterocycles. The smallest absolute Gasteiger partial charge is 0.175 e. The van der Waals surface area contributed by atoms with Gasteiger partial charge in [-0.05, 0) is 71.7 Å². The third-order valence-corrected chi connectivity index (χ3v) is 5.64. The molecule has 0 aromatic heterocycles. The van der Waals surface area contributed by atoms with E-state index in [0.717, 1.165) is 21.3 Å². The maximum absolute atomic E-state index is 6.26. The van der Waals surface area contributed by atoms with Crippen LogP contribution in [0.4, 0.5) is 5.69 Å². The average molecular weight is 495 g/mol. The Morgan fingerprint density at radius 3 is 2.31 bits per heavy atom. The van der Waals surface area contributed by atoms with Gasteiger partial charge >= 0.3 is 0 Å². The van der Waals surface area contributed by atoms with Gasteiger partial charge in [-0.15, -0.1) is 0 Å². The fourth-order valence-corrected chi connectivity index (χ4v) is 3.93. The molecule has 6 heteroatoms. The molecule has 0 amide bonds. The second-order valence-corrected chi connectivity index (χ2v) is 8.22. The molecule has 0 bridgehead atoms. The van der Waals surface area contributed by atoms with Crippen molar-refractivity contribution in [1.29, 1.82) is 0 Å². The van der Waals surface area contributed by atoms with Gasteiger partial charge in [-0.2, -0.15) is 0 Å². The van der Waals surface area contributed by atoms with Crippen molar-refractivity contribution >= 4 is 44.8 Å². The van der Waals surface area contributed by atoms with Gasteiger partial charge in [0.05, 0.1) is 11.1 Å². The summed E-state index contributed by atoms with van der Waals surface area (Å²) in [5.74, 6) is 1.30. The van der Waals surface area contributed by atoms with Crippen LogP contribution in [-0.4, -0.2) is 6.61 Å². The number of hydrogen-bond donors (Lipinski definition) is 1. The van der Waals surface area contributed by atoms with E-state index in [9.17, 15) is 0 Å². The summed E-state index contributed by atoms with van der Waals surface area (Å²) in [6.07, 6.45) is 0. The van der Waals surface area contributed by atoms with E-state index in [1.807, 2.05) is 25.1 Å². The van der Waals surface area contributed by atoms with Gasteiger partial charge in [0.1, 0.15) is 6.61 Å². The molecule has 0 atom stereocenters. The van der Waals surface area contributed by atoms with E-state index in [-0.39, 0.29) is 6.61 Å². The minimum Gasteiger partial charge on any atom is -0.490 e. The minimum atomic E-state index is 0.248. The third-order valence-electron chi connectivity index (χ3n) is 4.34. The summed E-state index contributed by atoms with van der Waals surface area (Å²) in [7, 11) is 0. The van der Waals surface area contributed by atoms with E-state index in [1.165, 1.54) is 5.56 Å². The zero-order valence-electron chi connectivity index (χ0n) is 16.3. The normalized spacial score (nSPS) is 10.7. The number of rotatable bonds is 8. The Hall–Kier alpha value is -1.88. The highest BCUT2D eigenvalue weighted by atomic mass is 79.9. The molecule has 3 aromatic rings. The van der Waals surface area contributed by atoms with E-state index in [0.29, 0.717) is 34.7 Å². The van der Waals surface area contributed by atoms with Crippen molar-refractivity contribution in [2.24, 2.45) is 0 Å². The second kappa shape index (κ2) is 10.2. The summed E-state index contributed by atoms with van der Waals surface area (Å²) < 4.78 is 12.7. The van der Waals surface area contributed by atoms with Crippen LogP contribution in [0, 0.1) is 6.92 Å². The molecule has 3 rings (SSSR count). The summed E-state index contributed by atoms with van der Waals surface area (Å²) in [4.78, 5) is 0. The molecule has 3 nitrogen and oxygen atoms in total. The largest absolute Gasteiger partial charge is 0.490 e. The monoisotopic (exact) mass is 493 g/mol. The van der Waals surface area contributed by atoms with Crippen LogP contribution in [0.3, 0.4) is 0 Å². The Morgan fingerprint density at radius 2 is 1.66 bits per heavy atom. The molecular formula is C23H22BrCl2NO2. The van der Waals surface area contributed by atoms with Crippen molar-refractivity contribution in [3.8, 4) is 11.5 Å². The van der Waals surface area contributed by atoms with Crippen molar-refractivity contribution in [3.63, 3.8) is 0 Å². The Bertz CT molecular complexity index is 957. The van der Waals surface area contributed by atoms with Gasteiger partial charge in [-0.1, -0.05) is 47.0 Å². The van der Waals surface area contributed by atoms with Gasteiger partial charge in [0.15, 0.2) is 11.5 Å². The van der Waals surface area contributed by atoms with Crippen LogP contribution in [0.2, 0.25) is 10.0 Å². The first kappa shape index (κ1) is 21.8. The Balaban J connectivity index is 1.77. The number of anilines is 1. The van der Waals surface area contributed by atoms with Crippen LogP contribution in [0.25, 0.3) is 0 Å². The van der Waals surface area contributed by atoms with Crippen LogP contribution in [0.5, 0.6) is 11.5 Å². The number of nitrogens with one attached hydrogen (secondary N) is 1. The standard InChI is InChI=1S/C23H22BrCl2NO2/c1-3-28-22-12-16(13-27-17-9-7-15(2)8-10-17)11-19(24)23(22)29-14-18-20(25)5-4-6-21(18)26/h4-12,27H,3,13-14H2,1-2H3. The fraction of sp³-hybridized carbons (Fsp3) is 0.217. The molecule has 0 saturated heterocycles. The first-order valence-corrected chi connectivity index (χ1v) is 10.8. The number of benzene rings is 3. The maximum Gasteiger partial charge on any atom is 0.175 e. The number of halogens is 3. The van der Waals surface area contributed by atoms with Crippen molar-refractivity contribution in [3.05, 3.63) is 85.8 Å². The van der Waals surface area contributed by atoms with E-state index >= 15 is 0 Å². The van der Waals surface area contributed by atoms with Crippen molar-refractivity contribution in [2.45, 2.75) is 27.0 Å². The molecule has 152 valence electrons. The predicted octanol–water partition coefficient (Wildman–Crippen LogP) is 7.65. The molecule has 0 aliphatic carbocycles. The third kappa shape index (κ3) is 5.81. The molecule has 29 heavy (non-hydrogen) atoms. The summed E-state index contributed by atoms with van der Waals surface area (Å²) >= 11 is 16.1. The fourth-order valence-electron chi connectivity index (χ4n) is 2.82. The summed E-state index contributed by atoms with van der Waals surface area (Å²) in [5, 5.41) is 4.57. The molecule has 0 radical (unpaired) electrons. The quantitative estimate of drug-likeness (QED) is 0.348. The van der Waals surface area contributed by atoms with E-state index in [4.69, 9.17) is 32.7 Å². The summed E-state index contributed by atoms with van der Waals surface area (Å²) in [5.41, 5.74) is 4.12. The van der Waals surface area contributed by atoms with Crippen LogP contribution in [-0.2, 0) is 13.2 Å². The Kier molecular flexibility index (Phi) is 7.70. The highest BCUT2D eigenvalue weighted by molar-refractivity contribution is 9.10. The molecule has 0 heterocycles. The number of ether oxygens (including phenoxy) is 2. The zero-order chi connectivity index (χ0) is 20.8. The van der Waals surface area contributed by atoms with Gasteiger partial charge in [-0.25, -0.2) is 0 Å². The lowest BCUT2D eigenvalue weighted by Crippen LogP contribution is -2.04. The van der Waals surface area contributed by atoms with E-state index in [1.54, 1.807) is 12.1 Å². The van der Waals surface area contributed by atoms with Crippen LogP contribution in [0.1, 0.15) is 23.6 Å². The van der Waals surface area contributed by atoms with Crippen LogP contribution >= 0.6 is 39.1 Å². The van der Waals surface area contributed by atoms with Gasteiger partial charge in [-0.3, -0.25) is 0 Å². The molecule has 0 spiro atoms. The van der Waals surface area contributed by atoms with Gasteiger partial charge in [0, 0.05) is 27.8 Å². The SMILES string of the molecule is CCOc1cc(CNc2ccc(C)cc2)cc(Br)c1OCc1c(Cl)cccc1Cl. The highest BCUT2D eigenvalue weighted by Gasteiger charge is 2.14. The number of hydrogen-bond acceptors (Lipinski definition) is 3. The molecule has 0 fully saturated rings. The predicted molar refractivity (Wildman–Crippen MR) is 125 cm³/mol. The Labute approximate surface area is 190 Å². The topological polar surface area (TPSA) is 30.5 Å². The molecule has 1 N–H and O–H groups in total. The van der Waals surface area contributed by atoms with E-state index < -0.39 is 0 Å². The average Bonchev–Trinajstić information content (AvgIpc) is 2.69. The molecule has 0 unspecified atom stereocenters. The summed E-state index contributed by atoms with van der Waals surface area (Å²) in [6, 6.07) is 17.7. The minimum absolute atomic E-state index is 0.248. The highest BCUT2D eigenvalue weighted by Crippen LogP contribution is 2.38. The van der Waals surface area contributed by atoms with Crippen molar-refractivity contribution < 1.29 is 9.47 Å². The van der Waals surface area contributed by atoms with Crippen LogP contribution in [0.15, 0.2) is 59.1 Å². The Morgan fingerprint density at radius 1 is 0.966 bits per heavy atom. The molecule has 0 aliphatic rings. The lowest BCUT2D eigenvalue weighted by molar-refractivity contribution is 0.267. The van der Waals surface area contributed by atoms with Gasteiger partial charge < -0.3 is 14.8 Å². The van der Waals surface area contributed by atoms with Crippen molar-refractivity contribution in [1.82, 2.24) is 0 Å². The molecule has 0 saturated carbocycles. The lowest BCUT2D eigenvalue weighted by atomic mass is 10.1. The molecule has 3 aromatic carbocycles. The second-order valence-electron chi connectivity index (χ2n) is 6.55. The maximum atomic E-state index is 6.26. The summed E-state index contributed by atoms with van der Waals surface area (Å²) in [6.45, 7) is 5.46. The number of aryl methyl sites for hydroxylation is 1. The first-order chi connectivity index (χ1) is 14.0. The molecular weight excluding hydrogens is 473 g/mol. The van der Waals surface area contributed by atoms with Crippen LogP contribution < -0.4 is 14.8 Å². The first-order valence-electron chi connectivity index (χ1n) is 9.29. The van der Waals surface area contributed by atoms with Crippen molar-refractivity contribution in [2.75, 3.05) is 11.9 Å². The zero-order valence-corrected chi connectivity index (χ0v) is 19.4. The van der Waals surface area contributed by atoms with E-state index in [2.05, 4.69) is 52.4 Å². The van der Waals surface area contributed by atoms with Gasteiger partial charge in [0.2, 0.25) is 0 Å². The van der Waals surface area contributed by atoms with Gasteiger partial charge in [0.25, 0.3) is 0 Å². The lowest BCUT2D eigenvalue weighted by Gasteiger charge is -2.17.